The number of ether oxygens (including phenoxy) is 1. The van der Waals surface area contributed by atoms with Crippen LogP contribution in [0.2, 0.25) is 0 Å². The molecule has 108 valence electrons. The quantitative estimate of drug-likeness (QED) is 0.805. The summed E-state index contributed by atoms with van der Waals surface area (Å²) in [5.74, 6) is 0.954. The van der Waals surface area contributed by atoms with Crippen LogP contribution in [0.1, 0.15) is 25.0 Å². The summed E-state index contributed by atoms with van der Waals surface area (Å²) in [6, 6.07) is 5.70. The molecule has 0 saturated heterocycles. The zero-order chi connectivity index (χ0) is 14.5. The van der Waals surface area contributed by atoms with Crippen molar-refractivity contribution in [2.75, 3.05) is 13.2 Å². The average Bonchev–Trinajstić information content (AvgIpc) is 2.89. The number of amides is 1. The van der Waals surface area contributed by atoms with Crippen molar-refractivity contribution >= 4 is 12.0 Å². The van der Waals surface area contributed by atoms with E-state index in [-0.39, 0.29) is 24.5 Å². The van der Waals surface area contributed by atoms with E-state index in [4.69, 9.17) is 4.74 Å². The lowest BCUT2D eigenvalue weighted by Crippen LogP contribution is -2.40. The summed E-state index contributed by atoms with van der Waals surface area (Å²) < 4.78 is 5.44. The molecule has 4 heteroatoms. The van der Waals surface area contributed by atoms with Gasteiger partial charge in [0, 0.05) is 12.5 Å². The molecule has 1 aromatic carbocycles. The molecule has 0 bridgehead atoms. The molecule has 1 aliphatic heterocycles. The first-order chi connectivity index (χ1) is 9.60. The highest BCUT2D eigenvalue weighted by Crippen LogP contribution is 2.26. The first kappa shape index (κ1) is 14.6. The average molecular weight is 275 g/mol. The Morgan fingerprint density at radius 2 is 2.30 bits per heavy atom. The molecule has 0 saturated carbocycles. The van der Waals surface area contributed by atoms with Gasteiger partial charge in [-0.2, -0.15) is 0 Å². The van der Waals surface area contributed by atoms with Crippen molar-refractivity contribution in [1.29, 1.82) is 0 Å². The van der Waals surface area contributed by atoms with Gasteiger partial charge in [-0.05, 0) is 35.3 Å². The van der Waals surface area contributed by atoms with Gasteiger partial charge in [0.15, 0.2) is 0 Å². The van der Waals surface area contributed by atoms with Crippen LogP contribution < -0.4 is 10.1 Å². The number of aliphatic hydroxyl groups is 1. The smallest absolute Gasteiger partial charge is 0.244 e. The van der Waals surface area contributed by atoms with Crippen molar-refractivity contribution in [3.05, 3.63) is 35.4 Å². The largest absolute Gasteiger partial charge is 0.493 e. The summed E-state index contributed by atoms with van der Waals surface area (Å²) in [4.78, 5) is 11.8. The fraction of sp³-hybridized carbons (Fsp3) is 0.438. The van der Waals surface area contributed by atoms with Crippen LogP contribution in [0.25, 0.3) is 6.08 Å². The lowest BCUT2D eigenvalue weighted by atomic mass is 10.1. The lowest BCUT2D eigenvalue weighted by molar-refractivity contribution is -0.117. The normalized spacial score (nSPS) is 15.2. The number of carbonyl (C=O) groups is 1. The van der Waals surface area contributed by atoms with Gasteiger partial charge in [0.05, 0.1) is 19.3 Å². The van der Waals surface area contributed by atoms with Gasteiger partial charge in [-0.1, -0.05) is 19.9 Å². The van der Waals surface area contributed by atoms with E-state index >= 15 is 0 Å². The van der Waals surface area contributed by atoms with Gasteiger partial charge in [0.1, 0.15) is 5.75 Å². The van der Waals surface area contributed by atoms with Crippen molar-refractivity contribution in [3.8, 4) is 5.75 Å². The molecule has 20 heavy (non-hydrogen) atoms. The first-order valence-corrected chi connectivity index (χ1v) is 6.95. The number of carbonyl (C=O) groups excluding carboxylic acids is 1. The van der Waals surface area contributed by atoms with E-state index in [0.717, 1.165) is 24.3 Å². The topological polar surface area (TPSA) is 58.6 Å². The molecule has 4 nitrogen and oxygen atoms in total. The van der Waals surface area contributed by atoms with Crippen LogP contribution in [0.3, 0.4) is 0 Å². The van der Waals surface area contributed by atoms with Gasteiger partial charge in [0.2, 0.25) is 5.91 Å². The van der Waals surface area contributed by atoms with Crippen molar-refractivity contribution in [2.24, 2.45) is 5.92 Å². The maximum atomic E-state index is 11.8. The summed E-state index contributed by atoms with van der Waals surface area (Å²) in [6.45, 7) is 4.61. The fourth-order valence-electron chi connectivity index (χ4n) is 2.14. The maximum Gasteiger partial charge on any atom is 0.244 e. The van der Waals surface area contributed by atoms with Gasteiger partial charge in [-0.3, -0.25) is 4.79 Å². The third-order valence-electron chi connectivity index (χ3n) is 3.47. The third kappa shape index (κ3) is 3.61. The zero-order valence-electron chi connectivity index (χ0n) is 11.9. The molecule has 0 aliphatic carbocycles. The van der Waals surface area contributed by atoms with Crippen LogP contribution in [0, 0.1) is 5.92 Å². The maximum absolute atomic E-state index is 11.8. The van der Waals surface area contributed by atoms with E-state index in [1.54, 1.807) is 6.08 Å². The van der Waals surface area contributed by atoms with E-state index in [1.165, 1.54) is 11.6 Å². The Kier molecular flexibility index (Phi) is 4.79. The van der Waals surface area contributed by atoms with E-state index in [1.807, 2.05) is 32.0 Å². The SMILES string of the molecule is CC(C)C(CO)NC(=O)C=Cc1ccc2c(c1)CCO2. The Bertz CT molecular complexity index is 508. The van der Waals surface area contributed by atoms with Crippen molar-refractivity contribution in [3.63, 3.8) is 0 Å². The molecule has 1 heterocycles. The summed E-state index contributed by atoms with van der Waals surface area (Å²) in [5, 5.41) is 12.0. The number of aliphatic hydroxyl groups excluding tert-OH is 1. The second-order valence-electron chi connectivity index (χ2n) is 5.34. The van der Waals surface area contributed by atoms with Crippen molar-refractivity contribution in [1.82, 2.24) is 5.32 Å². The van der Waals surface area contributed by atoms with Crippen molar-refractivity contribution < 1.29 is 14.6 Å². The number of hydrogen-bond acceptors (Lipinski definition) is 3. The van der Waals surface area contributed by atoms with Gasteiger partial charge in [-0.25, -0.2) is 0 Å². The molecular weight excluding hydrogens is 254 g/mol. The minimum Gasteiger partial charge on any atom is -0.493 e. The minimum absolute atomic E-state index is 0.0482. The third-order valence-corrected chi connectivity index (χ3v) is 3.47. The fourth-order valence-corrected chi connectivity index (χ4v) is 2.14. The number of fused-ring (bicyclic) bond motifs is 1. The Hall–Kier alpha value is -1.81. The number of rotatable bonds is 5. The molecular formula is C16H21NO3. The van der Waals surface area contributed by atoms with Crippen LogP contribution in [-0.2, 0) is 11.2 Å². The summed E-state index contributed by atoms with van der Waals surface area (Å²) in [6.07, 6.45) is 4.20. The minimum atomic E-state index is -0.208. The number of benzene rings is 1. The van der Waals surface area contributed by atoms with E-state index < -0.39 is 0 Å². The summed E-state index contributed by atoms with van der Waals surface area (Å²) >= 11 is 0. The van der Waals surface area contributed by atoms with Gasteiger partial charge in [0.25, 0.3) is 0 Å². The standard InChI is InChI=1S/C16H21NO3/c1-11(2)14(10-18)17-16(19)6-4-12-3-5-15-13(9-12)7-8-20-15/h3-6,9,11,14,18H,7-8,10H2,1-2H3,(H,17,19). The van der Waals surface area contributed by atoms with Crippen LogP contribution in [0.5, 0.6) is 5.75 Å². The predicted octanol–water partition coefficient (Wildman–Crippen LogP) is 1.77. The number of hydrogen-bond donors (Lipinski definition) is 2. The Labute approximate surface area is 119 Å². The molecule has 2 rings (SSSR count). The van der Waals surface area contributed by atoms with E-state index in [9.17, 15) is 9.90 Å². The highest BCUT2D eigenvalue weighted by Gasteiger charge is 2.14. The molecule has 0 fully saturated rings. The molecule has 1 unspecified atom stereocenters. The Balaban J connectivity index is 1.97. The van der Waals surface area contributed by atoms with Crippen LogP contribution in [0.4, 0.5) is 0 Å². The first-order valence-electron chi connectivity index (χ1n) is 6.95. The molecule has 0 radical (unpaired) electrons. The summed E-state index contributed by atoms with van der Waals surface area (Å²) in [5.41, 5.74) is 2.16. The molecule has 1 aliphatic rings. The monoisotopic (exact) mass is 275 g/mol. The van der Waals surface area contributed by atoms with Crippen LogP contribution in [0.15, 0.2) is 24.3 Å². The second-order valence-corrected chi connectivity index (χ2v) is 5.34. The van der Waals surface area contributed by atoms with Crippen molar-refractivity contribution in [2.45, 2.75) is 26.3 Å². The predicted molar refractivity (Wildman–Crippen MR) is 78.5 cm³/mol. The highest BCUT2D eigenvalue weighted by molar-refractivity contribution is 5.92. The molecule has 1 amide bonds. The number of nitrogens with one attached hydrogen (secondary N) is 1. The van der Waals surface area contributed by atoms with Crippen LogP contribution in [-0.4, -0.2) is 30.3 Å². The van der Waals surface area contributed by atoms with Gasteiger partial charge < -0.3 is 15.2 Å². The Morgan fingerprint density at radius 3 is 3.00 bits per heavy atom. The van der Waals surface area contributed by atoms with Gasteiger partial charge >= 0.3 is 0 Å². The molecule has 0 aromatic heterocycles. The van der Waals surface area contributed by atoms with E-state index in [0.29, 0.717) is 0 Å². The highest BCUT2D eigenvalue weighted by atomic mass is 16.5. The molecule has 2 N–H and O–H groups in total. The molecule has 1 aromatic rings. The Morgan fingerprint density at radius 1 is 1.50 bits per heavy atom. The molecule has 0 spiro atoms. The van der Waals surface area contributed by atoms with Gasteiger partial charge in [-0.15, -0.1) is 0 Å². The lowest BCUT2D eigenvalue weighted by Gasteiger charge is -2.18. The van der Waals surface area contributed by atoms with Crippen LogP contribution >= 0.6 is 0 Å². The molecule has 1 atom stereocenters. The van der Waals surface area contributed by atoms with E-state index in [2.05, 4.69) is 5.32 Å². The summed E-state index contributed by atoms with van der Waals surface area (Å²) in [7, 11) is 0. The second kappa shape index (κ2) is 6.57. The zero-order valence-corrected chi connectivity index (χ0v) is 11.9.